The monoisotopic (exact) mass is 289 g/mol. The van der Waals surface area contributed by atoms with Gasteiger partial charge in [0.15, 0.2) is 0 Å². The van der Waals surface area contributed by atoms with Crippen molar-refractivity contribution in [2.45, 2.75) is 0 Å². The highest BCUT2D eigenvalue weighted by Gasteiger charge is 2.08. The van der Waals surface area contributed by atoms with E-state index in [4.69, 9.17) is 0 Å². The van der Waals surface area contributed by atoms with Crippen LogP contribution in [0.2, 0.25) is 0 Å². The molecule has 2 aromatic rings. The third kappa shape index (κ3) is 3.85. The number of rotatable bonds is 5. The van der Waals surface area contributed by atoms with E-state index in [-0.39, 0.29) is 17.3 Å². The number of benzene rings is 1. The minimum absolute atomic E-state index is 0.111. The molecule has 0 unspecified atom stereocenters. The average molecular weight is 289 g/mol. The molecule has 0 radical (unpaired) electrons. The van der Waals surface area contributed by atoms with Crippen LogP contribution in [0.15, 0.2) is 49.2 Å². The molecule has 0 saturated heterocycles. The molecule has 0 atom stereocenters. The fourth-order valence-electron chi connectivity index (χ4n) is 1.63. The minimum atomic E-state index is -0.718. The second kappa shape index (κ2) is 6.60. The summed E-state index contributed by atoms with van der Waals surface area (Å²) in [7, 11) is 0. The molecule has 0 aliphatic rings. The van der Waals surface area contributed by atoms with E-state index in [1.807, 2.05) is 0 Å². The standard InChI is InChI=1S/C15H13F2N3O/c1-2-6-19-15(21)14-9-11(5-7-18-14)20-13-4-3-10(16)8-12(13)17/h2-5,7-9H,1,6H2,(H,18,20)(H,19,21). The van der Waals surface area contributed by atoms with Gasteiger partial charge in [-0.05, 0) is 24.3 Å². The molecule has 0 aliphatic carbocycles. The van der Waals surface area contributed by atoms with Crippen LogP contribution in [0.3, 0.4) is 0 Å². The summed E-state index contributed by atoms with van der Waals surface area (Å²) in [5.74, 6) is -1.74. The first kappa shape index (κ1) is 14.6. The Morgan fingerprint density at radius 3 is 2.81 bits per heavy atom. The maximum atomic E-state index is 13.6. The Bertz CT molecular complexity index is 674. The van der Waals surface area contributed by atoms with Crippen molar-refractivity contribution in [3.8, 4) is 0 Å². The van der Waals surface area contributed by atoms with Crippen LogP contribution in [0.5, 0.6) is 0 Å². The van der Waals surface area contributed by atoms with Crippen LogP contribution in [-0.4, -0.2) is 17.4 Å². The van der Waals surface area contributed by atoms with Crippen LogP contribution in [-0.2, 0) is 0 Å². The summed E-state index contributed by atoms with van der Waals surface area (Å²) in [6.07, 6.45) is 2.97. The van der Waals surface area contributed by atoms with Crippen molar-refractivity contribution in [2.24, 2.45) is 0 Å². The van der Waals surface area contributed by atoms with E-state index in [0.29, 0.717) is 12.2 Å². The summed E-state index contributed by atoms with van der Waals surface area (Å²) in [6.45, 7) is 3.82. The van der Waals surface area contributed by atoms with Gasteiger partial charge < -0.3 is 10.6 Å². The van der Waals surface area contributed by atoms with Crippen LogP contribution in [0.1, 0.15) is 10.5 Å². The Balaban J connectivity index is 2.17. The topological polar surface area (TPSA) is 54.0 Å². The zero-order valence-corrected chi connectivity index (χ0v) is 11.1. The van der Waals surface area contributed by atoms with Gasteiger partial charge in [0, 0.05) is 24.5 Å². The van der Waals surface area contributed by atoms with E-state index in [0.717, 1.165) is 12.1 Å². The summed E-state index contributed by atoms with van der Waals surface area (Å²) in [5, 5.41) is 5.36. The molecule has 1 aromatic carbocycles. The number of halogens is 2. The van der Waals surface area contributed by atoms with Crippen molar-refractivity contribution in [2.75, 3.05) is 11.9 Å². The molecule has 0 aliphatic heterocycles. The molecule has 4 nitrogen and oxygen atoms in total. The van der Waals surface area contributed by atoms with E-state index in [1.54, 1.807) is 12.1 Å². The summed E-state index contributed by atoms with van der Waals surface area (Å²) in [5.41, 5.74) is 0.767. The fourth-order valence-corrected chi connectivity index (χ4v) is 1.63. The van der Waals surface area contributed by atoms with Gasteiger partial charge in [-0.1, -0.05) is 6.08 Å². The lowest BCUT2D eigenvalue weighted by molar-refractivity contribution is 0.0953. The number of carbonyl (C=O) groups excluding carboxylic acids is 1. The highest BCUT2D eigenvalue weighted by molar-refractivity contribution is 5.93. The Morgan fingerprint density at radius 1 is 1.29 bits per heavy atom. The predicted molar refractivity (Wildman–Crippen MR) is 76.4 cm³/mol. The summed E-state index contributed by atoms with van der Waals surface area (Å²) < 4.78 is 26.4. The smallest absolute Gasteiger partial charge is 0.270 e. The molecule has 2 rings (SSSR count). The summed E-state index contributed by atoms with van der Waals surface area (Å²) >= 11 is 0. The number of anilines is 2. The fraction of sp³-hybridized carbons (Fsp3) is 0.0667. The molecular weight excluding hydrogens is 276 g/mol. The second-order valence-electron chi connectivity index (χ2n) is 4.18. The van der Waals surface area contributed by atoms with Gasteiger partial charge >= 0.3 is 0 Å². The molecule has 1 amide bonds. The first-order chi connectivity index (χ1) is 10.1. The lowest BCUT2D eigenvalue weighted by atomic mass is 10.2. The Hall–Kier alpha value is -2.76. The number of amides is 1. The molecule has 21 heavy (non-hydrogen) atoms. The van der Waals surface area contributed by atoms with Crippen molar-refractivity contribution in [3.63, 3.8) is 0 Å². The van der Waals surface area contributed by atoms with Gasteiger partial charge in [-0.2, -0.15) is 0 Å². The second-order valence-corrected chi connectivity index (χ2v) is 4.18. The third-order valence-corrected chi connectivity index (χ3v) is 2.61. The maximum absolute atomic E-state index is 13.6. The number of nitrogens with zero attached hydrogens (tertiary/aromatic N) is 1. The van der Waals surface area contributed by atoms with Crippen molar-refractivity contribution < 1.29 is 13.6 Å². The van der Waals surface area contributed by atoms with Gasteiger partial charge in [0.1, 0.15) is 17.3 Å². The average Bonchev–Trinajstić information content (AvgIpc) is 2.48. The van der Waals surface area contributed by atoms with Gasteiger partial charge in [0.05, 0.1) is 5.69 Å². The lowest BCUT2D eigenvalue weighted by Crippen LogP contribution is -2.24. The van der Waals surface area contributed by atoms with Crippen LogP contribution in [0.25, 0.3) is 0 Å². The molecule has 0 saturated carbocycles. The molecule has 0 bridgehead atoms. The van der Waals surface area contributed by atoms with Crippen molar-refractivity contribution >= 4 is 17.3 Å². The van der Waals surface area contributed by atoms with E-state index in [1.165, 1.54) is 18.3 Å². The van der Waals surface area contributed by atoms with Gasteiger partial charge in [-0.3, -0.25) is 9.78 Å². The normalized spacial score (nSPS) is 10.0. The van der Waals surface area contributed by atoms with E-state index < -0.39 is 11.6 Å². The number of carbonyl (C=O) groups is 1. The number of pyridine rings is 1. The molecule has 1 heterocycles. The highest BCUT2D eigenvalue weighted by Crippen LogP contribution is 2.20. The third-order valence-electron chi connectivity index (χ3n) is 2.61. The molecule has 0 spiro atoms. The summed E-state index contributed by atoms with van der Waals surface area (Å²) in [4.78, 5) is 15.7. The first-order valence-corrected chi connectivity index (χ1v) is 6.17. The number of hydrogen-bond acceptors (Lipinski definition) is 3. The molecule has 2 N–H and O–H groups in total. The van der Waals surface area contributed by atoms with Crippen molar-refractivity contribution in [3.05, 3.63) is 66.5 Å². The van der Waals surface area contributed by atoms with Crippen LogP contribution in [0, 0.1) is 11.6 Å². The first-order valence-electron chi connectivity index (χ1n) is 6.17. The Labute approximate surface area is 120 Å². The lowest BCUT2D eigenvalue weighted by Gasteiger charge is -2.09. The zero-order valence-electron chi connectivity index (χ0n) is 11.1. The van der Waals surface area contributed by atoms with Gasteiger partial charge in [-0.15, -0.1) is 6.58 Å². The van der Waals surface area contributed by atoms with Crippen LogP contribution < -0.4 is 10.6 Å². The van der Waals surface area contributed by atoms with Gasteiger partial charge in [-0.25, -0.2) is 8.78 Å². The molecule has 6 heteroatoms. The number of aromatic nitrogens is 1. The number of nitrogens with one attached hydrogen (secondary N) is 2. The SMILES string of the molecule is C=CCNC(=O)c1cc(Nc2ccc(F)cc2F)ccn1. The Kier molecular flexibility index (Phi) is 4.61. The summed E-state index contributed by atoms with van der Waals surface area (Å²) in [6, 6.07) is 6.25. The highest BCUT2D eigenvalue weighted by atomic mass is 19.1. The van der Waals surface area contributed by atoms with E-state index in [9.17, 15) is 13.6 Å². The van der Waals surface area contributed by atoms with Gasteiger partial charge in [0.2, 0.25) is 0 Å². The molecule has 108 valence electrons. The van der Waals surface area contributed by atoms with Crippen molar-refractivity contribution in [1.82, 2.24) is 10.3 Å². The number of hydrogen-bond donors (Lipinski definition) is 2. The quantitative estimate of drug-likeness (QED) is 0.832. The van der Waals surface area contributed by atoms with Crippen molar-refractivity contribution in [1.29, 1.82) is 0 Å². The maximum Gasteiger partial charge on any atom is 0.270 e. The van der Waals surface area contributed by atoms with Gasteiger partial charge in [0.25, 0.3) is 5.91 Å². The largest absolute Gasteiger partial charge is 0.353 e. The van der Waals surface area contributed by atoms with E-state index >= 15 is 0 Å². The molecule has 1 aromatic heterocycles. The molecular formula is C15H13F2N3O. The Morgan fingerprint density at radius 2 is 2.10 bits per heavy atom. The zero-order chi connectivity index (χ0) is 15.2. The van der Waals surface area contributed by atoms with E-state index in [2.05, 4.69) is 22.2 Å². The van der Waals surface area contributed by atoms with Crippen LogP contribution in [0.4, 0.5) is 20.2 Å². The minimum Gasteiger partial charge on any atom is -0.353 e. The molecule has 0 fully saturated rings. The van der Waals surface area contributed by atoms with Crippen LogP contribution >= 0.6 is 0 Å². The predicted octanol–water partition coefficient (Wildman–Crippen LogP) is 3.02.